The predicted octanol–water partition coefficient (Wildman–Crippen LogP) is 5.55. The van der Waals surface area contributed by atoms with Gasteiger partial charge in [-0.05, 0) is 73.6 Å². The second-order valence-electron chi connectivity index (χ2n) is 12.3. The van der Waals surface area contributed by atoms with Gasteiger partial charge in [0, 0.05) is 18.9 Å². The van der Waals surface area contributed by atoms with E-state index in [1.165, 1.54) is 17.5 Å². The third-order valence-corrected chi connectivity index (χ3v) is 9.51. The molecule has 6 nitrogen and oxygen atoms in total. The lowest BCUT2D eigenvalue weighted by molar-refractivity contribution is -0.146. The molecule has 1 heterocycles. The maximum absolute atomic E-state index is 14.5. The zero-order valence-corrected chi connectivity index (χ0v) is 24.4. The molecule has 0 saturated heterocycles. The van der Waals surface area contributed by atoms with Gasteiger partial charge >= 0.3 is 0 Å². The molecule has 3 amide bonds. The minimum atomic E-state index is -0.608. The van der Waals surface area contributed by atoms with E-state index in [0.717, 1.165) is 68.1 Å². The van der Waals surface area contributed by atoms with Crippen LogP contribution >= 0.6 is 0 Å². The predicted molar refractivity (Wildman–Crippen MR) is 157 cm³/mol. The van der Waals surface area contributed by atoms with E-state index in [2.05, 4.69) is 54.0 Å². The highest BCUT2D eigenvalue weighted by Gasteiger charge is 2.41. The summed E-state index contributed by atoms with van der Waals surface area (Å²) < 4.78 is 0. The van der Waals surface area contributed by atoms with Crippen molar-refractivity contribution in [1.29, 1.82) is 0 Å². The second kappa shape index (κ2) is 12.6. The number of benzene rings is 2. The lowest BCUT2D eigenvalue weighted by atomic mass is 9.82. The molecule has 0 bridgehead atoms. The van der Waals surface area contributed by atoms with Crippen LogP contribution in [0.2, 0.25) is 0 Å². The Balaban J connectivity index is 1.45. The summed E-state index contributed by atoms with van der Waals surface area (Å²) in [6.45, 7) is 6.35. The van der Waals surface area contributed by atoms with Gasteiger partial charge in [-0.3, -0.25) is 14.4 Å². The van der Waals surface area contributed by atoms with Crippen molar-refractivity contribution < 1.29 is 14.4 Å². The molecule has 3 aliphatic rings. The van der Waals surface area contributed by atoms with Crippen LogP contribution in [0.5, 0.6) is 0 Å². The van der Waals surface area contributed by atoms with Crippen LogP contribution in [0.25, 0.3) is 0 Å². The zero-order valence-electron chi connectivity index (χ0n) is 24.4. The maximum Gasteiger partial charge on any atom is 0.246 e. The highest BCUT2D eigenvalue weighted by Crippen LogP contribution is 2.33. The van der Waals surface area contributed by atoms with Crippen molar-refractivity contribution in [3.63, 3.8) is 0 Å². The van der Waals surface area contributed by atoms with Crippen molar-refractivity contribution in [2.24, 2.45) is 11.8 Å². The third-order valence-electron chi connectivity index (χ3n) is 9.51. The number of carbonyl (C=O) groups is 3. The first-order valence-corrected chi connectivity index (χ1v) is 15.4. The summed E-state index contributed by atoms with van der Waals surface area (Å²) in [5, 5.41) is 6.50. The molecule has 1 aliphatic heterocycles. The Morgan fingerprint density at radius 1 is 0.950 bits per heavy atom. The van der Waals surface area contributed by atoms with E-state index in [0.29, 0.717) is 13.0 Å². The first-order valence-electron chi connectivity index (χ1n) is 15.4. The number of hydrogen-bond donors (Lipinski definition) is 2. The highest BCUT2D eigenvalue weighted by molar-refractivity contribution is 5.93. The number of amides is 3. The second-order valence-corrected chi connectivity index (χ2v) is 12.3. The fourth-order valence-electron chi connectivity index (χ4n) is 6.86. The molecule has 214 valence electrons. The largest absolute Gasteiger partial charge is 0.347 e. The molecule has 4 atom stereocenters. The van der Waals surface area contributed by atoms with Crippen molar-refractivity contribution in [2.75, 3.05) is 0 Å². The van der Waals surface area contributed by atoms with Gasteiger partial charge in [0.2, 0.25) is 17.7 Å². The molecule has 2 aliphatic carbocycles. The molecule has 0 radical (unpaired) electrons. The summed E-state index contributed by atoms with van der Waals surface area (Å²) in [6, 6.07) is 13.4. The Labute approximate surface area is 239 Å². The molecule has 5 rings (SSSR count). The van der Waals surface area contributed by atoms with E-state index in [1.807, 2.05) is 19.9 Å². The summed E-state index contributed by atoms with van der Waals surface area (Å²) in [4.78, 5) is 43.4. The van der Waals surface area contributed by atoms with Crippen LogP contribution in [0.4, 0.5) is 0 Å². The van der Waals surface area contributed by atoms with Gasteiger partial charge in [-0.2, -0.15) is 0 Å². The Kier molecular flexibility index (Phi) is 8.92. The normalized spacial score (nSPS) is 22.4. The molecule has 0 aromatic heterocycles. The van der Waals surface area contributed by atoms with Crippen LogP contribution in [-0.4, -0.2) is 34.7 Å². The summed E-state index contributed by atoms with van der Waals surface area (Å²) in [6.07, 6.45) is 9.33. The standard InChI is InChI=1S/C34H45N3O3/c1-4-23(3)32(38)36-31(25-12-6-5-7-13-25)34(40)37-21-27-19-22(2)17-18-26(27)20-30(37)33(39)35-29-16-10-14-24-11-8-9-15-28(24)29/h8-9,11,15,17-19,23,25,29-31H,4-7,10,12-14,16,20-21H2,1-3H3,(H,35,39)(H,36,38)/t23-,29+,30+,31+/m1/s1. The van der Waals surface area contributed by atoms with Crippen molar-refractivity contribution >= 4 is 17.7 Å². The van der Waals surface area contributed by atoms with Crippen molar-refractivity contribution in [3.05, 3.63) is 70.3 Å². The Bertz CT molecular complexity index is 1230. The minimum absolute atomic E-state index is 0.0481. The van der Waals surface area contributed by atoms with Crippen LogP contribution in [0.15, 0.2) is 42.5 Å². The Hall–Kier alpha value is -3.15. The molecule has 2 aromatic rings. The summed E-state index contributed by atoms with van der Waals surface area (Å²) in [5.41, 5.74) is 5.84. The average molecular weight is 544 g/mol. The number of rotatable bonds is 7. The molecule has 2 aromatic carbocycles. The molecule has 2 N–H and O–H groups in total. The van der Waals surface area contributed by atoms with Gasteiger partial charge in [-0.1, -0.05) is 81.1 Å². The molecule has 6 heteroatoms. The first-order chi connectivity index (χ1) is 19.4. The maximum atomic E-state index is 14.5. The molecule has 40 heavy (non-hydrogen) atoms. The SMILES string of the molecule is CC[C@@H](C)C(=O)N[C@H](C(=O)N1Cc2cc(C)ccc2C[C@H]1C(=O)N[C@H]1CCCc2ccccc21)C1CCCCC1. The third kappa shape index (κ3) is 6.11. The van der Waals surface area contributed by atoms with Crippen molar-refractivity contribution in [1.82, 2.24) is 15.5 Å². The summed E-state index contributed by atoms with van der Waals surface area (Å²) >= 11 is 0. The molecule has 0 spiro atoms. The quantitative estimate of drug-likeness (QED) is 0.480. The number of fused-ring (bicyclic) bond motifs is 2. The van der Waals surface area contributed by atoms with E-state index < -0.39 is 12.1 Å². The molecular formula is C34H45N3O3. The van der Waals surface area contributed by atoms with Crippen LogP contribution < -0.4 is 10.6 Å². The van der Waals surface area contributed by atoms with Crippen LogP contribution in [0.1, 0.15) is 99.1 Å². The fourth-order valence-corrected chi connectivity index (χ4v) is 6.86. The minimum Gasteiger partial charge on any atom is -0.347 e. The van der Waals surface area contributed by atoms with Gasteiger partial charge in [0.05, 0.1) is 6.04 Å². The van der Waals surface area contributed by atoms with Crippen LogP contribution in [-0.2, 0) is 33.8 Å². The van der Waals surface area contributed by atoms with E-state index in [9.17, 15) is 14.4 Å². The van der Waals surface area contributed by atoms with Gasteiger partial charge in [-0.15, -0.1) is 0 Å². The number of nitrogens with one attached hydrogen (secondary N) is 2. The number of carbonyl (C=O) groups excluding carboxylic acids is 3. The van der Waals surface area contributed by atoms with Gasteiger partial charge < -0.3 is 15.5 Å². The van der Waals surface area contributed by atoms with Crippen LogP contribution in [0, 0.1) is 18.8 Å². The average Bonchev–Trinajstić information content (AvgIpc) is 2.98. The zero-order chi connectivity index (χ0) is 28.2. The smallest absolute Gasteiger partial charge is 0.246 e. The van der Waals surface area contributed by atoms with Crippen molar-refractivity contribution in [3.8, 4) is 0 Å². The number of hydrogen-bond acceptors (Lipinski definition) is 3. The van der Waals surface area contributed by atoms with Gasteiger partial charge in [0.15, 0.2) is 0 Å². The van der Waals surface area contributed by atoms with E-state index >= 15 is 0 Å². The van der Waals surface area contributed by atoms with E-state index in [4.69, 9.17) is 0 Å². The van der Waals surface area contributed by atoms with Gasteiger partial charge in [0.1, 0.15) is 12.1 Å². The van der Waals surface area contributed by atoms with E-state index in [-0.39, 0.29) is 35.6 Å². The number of aryl methyl sites for hydroxylation is 2. The topological polar surface area (TPSA) is 78.5 Å². The van der Waals surface area contributed by atoms with E-state index in [1.54, 1.807) is 4.90 Å². The van der Waals surface area contributed by atoms with Gasteiger partial charge in [0.25, 0.3) is 0 Å². The lowest BCUT2D eigenvalue weighted by Gasteiger charge is -2.41. The highest BCUT2D eigenvalue weighted by atomic mass is 16.2. The lowest BCUT2D eigenvalue weighted by Crippen LogP contribution is -2.60. The van der Waals surface area contributed by atoms with Crippen LogP contribution in [0.3, 0.4) is 0 Å². The van der Waals surface area contributed by atoms with Crippen molar-refractivity contribution in [2.45, 2.75) is 110 Å². The summed E-state index contributed by atoms with van der Waals surface area (Å²) in [7, 11) is 0. The molecule has 1 saturated carbocycles. The fraction of sp³-hybridized carbons (Fsp3) is 0.559. The Morgan fingerprint density at radius 2 is 1.73 bits per heavy atom. The molecular weight excluding hydrogens is 498 g/mol. The number of nitrogens with zero attached hydrogens (tertiary/aromatic N) is 1. The summed E-state index contributed by atoms with van der Waals surface area (Å²) in [5.74, 6) is -0.340. The molecule has 1 fully saturated rings. The molecule has 0 unspecified atom stereocenters. The first kappa shape index (κ1) is 28.4. The monoisotopic (exact) mass is 543 g/mol. The Morgan fingerprint density at radius 3 is 2.50 bits per heavy atom. The van der Waals surface area contributed by atoms with Gasteiger partial charge in [-0.25, -0.2) is 0 Å².